The Morgan fingerprint density at radius 1 is 1.25 bits per heavy atom. The van der Waals surface area contributed by atoms with Crippen molar-refractivity contribution in [3.63, 3.8) is 0 Å². The van der Waals surface area contributed by atoms with Crippen molar-refractivity contribution in [1.29, 1.82) is 0 Å². The molecule has 0 spiro atoms. The standard InChI is InChI=1S/C17H27BrN2/c1-16(2,3)13-8-10-17(12-19,11-9-13)20-15-7-5-4-6-14(15)18/h4-7,13,20H,8-12,19H2,1-3H3. The van der Waals surface area contributed by atoms with Crippen molar-refractivity contribution in [3.05, 3.63) is 28.7 Å². The summed E-state index contributed by atoms with van der Waals surface area (Å²) < 4.78 is 1.12. The van der Waals surface area contributed by atoms with Gasteiger partial charge in [0.2, 0.25) is 0 Å². The molecule has 0 atom stereocenters. The smallest absolute Gasteiger partial charge is 0.0496 e. The summed E-state index contributed by atoms with van der Waals surface area (Å²) in [6.07, 6.45) is 4.84. The summed E-state index contributed by atoms with van der Waals surface area (Å²) in [6.45, 7) is 7.77. The lowest BCUT2D eigenvalue weighted by Gasteiger charge is -2.44. The van der Waals surface area contributed by atoms with E-state index in [-0.39, 0.29) is 5.54 Å². The van der Waals surface area contributed by atoms with Crippen molar-refractivity contribution in [1.82, 2.24) is 0 Å². The van der Waals surface area contributed by atoms with Crippen LogP contribution in [0.4, 0.5) is 5.69 Å². The SMILES string of the molecule is CC(C)(C)C1CCC(CN)(Nc2ccccc2Br)CC1. The molecule has 0 saturated heterocycles. The van der Waals surface area contributed by atoms with Crippen molar-refractivity contribution in [3.8, 4) is 0 Å². The van der Waals surface area contributed by atoms with Gasteiger partial charge in [-0.05, 0) is 65.1 Å². The van der Waals surface area contributed by atoms with Crippen molar-refractivity contribution < 1.29 is 0 Å². The van der Waals surface area contributed by atoms with Crippen molar-refractivity contribution >= 4 is 21.6 Å². The van der Waals surface area contributed by atoms with Gasteiger partial charge in [-0.3, -0.25) is 0 Å². The van der Waals surface area contributed by atoms with Crippen molar-refractivity contribution in [2.24, 2.45) is 17.1 Å². The first-order valence-corrected chi connectivity index (χ1v) is 8.38. The predicted octanol–water partition coefficient (Wildman–Crippen LogP) is 4.79. The van der Waals surface area contributed by atoms with Crippen LogP contribution in [0.15, 0.2) is 28.7 Å². The summed E-state index contributed by atoms with van der Waals surface area (Å²) in [5.74, 6) is 0.809. The maximum absolute atomic E-state index is 6.11. The molecule has 1 saturated carbocycles. The minimum atomic E-state index is 0.0611. The molecule has 1 aliphatic rings. The average Bonchev–Trinajstić information content (AvgIpc) is 2.41. The second-order valence-electron chi connectivity index (χ2n) is 7.23. The Kier molecular flexibility index (Phi) is 4.80. The summed E-state index contributed by atoms with van der Waals surface area (Å²) in [7, 11) is 0. The van der Waals surface area contributed by atoms with E-state index in [0.29, 0.717) is 12.0 Å². The first kappa shape index (κ1) is 15.8. The molecule has 0 amide bonds. The maximum atomic E-state index is 6.11. The highest BCUT2D eigenvalue weighted by Crippen LogP contribution is 2.42. The monoisotopic (exact) mass is 338 g/mol. The van der Waals surface area contributed by atoms with Gasteiger partial charge in [-0.15, -0.1) is 0 Å². The van der Waals surface area contributed by atoms with E-state index in [1.807, 2.05) is 6.07 Å². The number of halogens is 1. The van der Waals surface area contributed by atoms with Gasteiger partial charge in [0, 0.05) is 22.2 Å². The lowest BCUT2D eigenvalue weighted by molar-refractivity contribution is 0.145. The fourth-order valence-corrected chi connectivity index (χ4v) is 3.65. The average molecular weight is 339 g/mol. The van der Waals surface area contributed by atoms with Crippen LogP contribution in [0, 0.1) is 11.3 Å². The Hall–Kier alpha value is -0.540. The zero-order valence-corrected chi connectivity index (χ0v) is 14.5. The second kappa shape index (κ2) is 6.07. The largest absolute Gasteiger partial charge is 0.377 e. The molecule has 0 unspecified atom stereocenters. The zero-order chi connectivity index (χ0) is 14.8. The highest BCUT2D eigenvalue weighted by atomic mass is 79.9. The molecule has 1 aromatic carbocycles. The highest BCUT2D eigenvalue weighted by Gasteiger charge is 2.38. The van der Waals surface area contributed by atoms with Gasteiger partial charge in [-0.25, -0.2) is 0 Å². The summed E-state index contributed by atoms with van der Waals surface area (Å²) in [4.78, 5) is 0. The predicted molar refractivity (Wildman–Crippen MR) is 91.0 cm³/mol. The Morgan fingerprint density at radius 3 is 2.35 bits per heavy atom. The lowest BCUT2D eigenvalue weighted by Crippen LogP contribution is -2.49. The van der Waals surface area contributed by atoms with Crippen LogP contribution >= 0.6 is 15.9 Å². The highest BCUT2D eigenvalue weighted by molar-refractivity contribution is 9.10. The van der Waals surface area contributed by atoms with Gasteiger partial charge in [-0.2, -0.15) is 0 Å². The van der Waals surface area contributed by atoms with Gasteiger partial charge in [0.25, 0.3) is 0 Å². The molecule has 2 rings (SSSR count). The van der Waals surface area contributed by atoms with E-state index in [1.165, 1.54) is 12.8 Å². The van der Waals surface area contributed by atoms with Crippen molar-refractivity contribution in [2.75, 3.05) is 11.9 Å². The number of anilines is 1. The normalized spacial score (nSPS) is 27.4. The van der Waals surface area contributed by atoms with Gasteiger partial charge in [0.1, 0.15) is 0 Å². The molecular formula is C17H27BrN2. The van der Waals surface area contributed by atoms with Crippen LogP contribution in [0.3, 0.4) is 0 Å². The molecule has 1 fully saturated rings. The van der Waals surface area contributed by atoms with E-state index in [2.05, 4.69) is 60.2 Å². The molecule has 3 heteroatoms. The number of rotatable bonds is 3. The van der Waals surface area contributed by atoms with Crippen molar-refractivity contribution in [2.45, 2.75) is 52.0 Å². The molecule has 0 bridgehead atoms. The van der Waals surface area contributed by atoms with Gasteiger partial charge < -0.3 is 11.1 Å². The Bertz CT molecular complexity index is 443. The van der Waals surface area contributed by atoms with E-state index < -0.39 is 0 Å². The number of hydrogen-bond donors (Lipinski definition) is 2. The quantitative estimate of drug-likeness (QED) is 0.830. The third-order valence-corrected chi connectivity index (χ3v) is 5.52. The van der Waals surface area contributed by atoms with Crippen LogP contribution < -0.4 is 11.1 Å². The molecule has 1 aromatic rings. The third-order valence-electron chi connectivity index (χ3n) is 4.83. The molecular weight excluding hydrogens is 312 g/mol. The Labute approximate surface area is 131 Å². The van der Waals surface area contributed by atoms with Gasteiger partial charge >= 0.3 is 0 Å². The summed E-state index contributed by atoms with van der Waals surface area (Å²) in [5.41, 5.74) is 7.74. The van der Waals surface area contributed by atoms with Crippen LogP contribution in [0.25, 0.3) is 0 Å². The third kappa shape index (κ3) is 3.56. The second-order valence-corrected chi connectivity index (χ2v) is 8.08. The van der Waals surface area contributed by atoms with Gasteiger partial charge in [-0.1, -0.05) is 32.9 Å². The molecule has 1 aliphatic carbocycles. The number of benzene rings is 1. The van der Waals surface area contributed by atoms with Gasteiger partial charge in [0.15, 0.2) is 0 Å². The lowest BCUT2D eigenvalue weighted by atomic mass is 9.67. The molecule has 2 nitrogen and oxygen atoms in total. The summed E-state index contributed by atoms with van der Waals surface area (Å²) >= 11 is 3.62. The van der Waals surface area contributed by atoms with Crippen LogP contribution in [-0.4, -0.2) is 12.1 Å². The fourth-order valence-electron chi connectivity index (χ4n) is 3.26. The van der Waals surface area contributed by atoms with Gasteiger partial charge in [0.05, 0.1) is 0 Å². The molecule has 3 N–H and O–H groups in total. The Balaban J connectivity index is 2.08. The molecule has 112 valence electrons. The molecule has 0 radical (unpaired) electrons. The molecule has 20 heavy (non-hydrogen) atoms. The van der Waals surface area contributed by atoms with Crippen LogP contribution in [0.1, 0.15) is 46.5 Å². The van der Waals surface area contributed by atoms with E-state index >= 15 is 0 Å². The first-order valence-electron chi connectivity index (χ1n) is 7.59. The first-order chi connectivity index (χ1) is 9.36. The van der Waals surface area contributed by atoms with Crippen LogP contribution in [0.2, 0.25) is 0 Å². The molecule has 0 aliphatic heterocycles. The van der Waals surface area contributed by atoms with Crippen LogP contribution in [0.5, 0.6) is 0 Å². The summed E-state index contributed by atoms with van der Waals surface area (Å²) in [5, 5.41) is 3.71. The minimum absolute atomic E-state index is 0.0611. The fraction of sp³-hybridized carbons (Fsp3) is 0.647. The zero-order valence-electron chi connectivity index (χ0n) is 12.9. The minimum Gasteiger partial charge on any atom is -0.377 e. The molecule has 0 heterocycles. The number of nitrogens with one attached hydrogen (secondary N) is 1. The number of hydrogen-bond acceptors (Lipinski definition) is 2. The number of nitrogens with two attached hydrogens (primary N) is 1. The topological polar surface area (TPSA) is 38.0 Å². The number of para-hydroxylation sites is 1. The van der Waals surface area contributed by atoms with E-state index in [0.717, 1.165) is 28.9 Å². The Morgan fingerprint density at radius 2 is 1.85 bits per heavy atom. The van der Waals surface area contributed by atoms with E-state index in [4.69, 9.17) is 5.73 Å². The summed E-state index contributed by atoms with van der Waals surface area (Å²) in [6, 6.07) is 8.31. The van der Waals surface area contributed by atoms with E-state index in [1.54, 1.807) is 0 Å². The van der Waals surface area contributed by atoms with Crippen LogP contribution in [-0.2, 0) is 0 Å². The molecule has 0 aromatic heterocycles. The van der Waals surface area contributed by atoms with E-state index in [9.17, 15) is 0 Å². The maximum Gasteiger partial charge on any atom is 0.0496 e.